The summed E-state index contributed by atoms with van der Waals surface area (Å²) in [4.78, 5) is 0. The molecule has 188 valence electrons. The molecule has 3 rings (SSSR count). The van der Waals surface area contributed by atoms with Gasteiger partial charge in [-0.05, 0) is 61.2 Å². The van der Waals surface area contributed by atoms with Crippen LogP contribution in [0.3, 0.4) is 0 Å². The molecule has 9 heteroatoms. The number of aliphatic hydroxyl groups excluding tert-OH is 1. The third-order valence-electron chi connectivity index (χ3n) is 5.72. The second-order valence-electron chi connectivity index (χ2n) is 8.34. The number of rotatable bonds is 16. The SMILES string of the molecule is O=S([O-])NCc1ccccc1CCNCC(O)COc1ccc(OCCOC2CCCC2)cc1. The highest BCUT2D eigenvalue weighted by atomic mass is 32.2. The Morgan fingerprint density at radius 2 is 1.68 bits per heavy atom. The number of hydrogen-bond acceptors (Lipinski definition) is 7. The van der Waals surface area contributed by atoms with Crippen molar-refractivity contribution in [1.29, 1.82) is 0 Å². The molecule has 2 unspecified atom stereocenters. The number of hydrogen-bond donors (Lipinski definition) is 3. The largest absolute Gasteiger partial charge is 0.760 e. The van der Waals surface area contributed by atoms with Crippen molar-refractivity contribution in [3.63, 3.8) is 0 Å². The molecule has 0 saturated heterocycles. The van der Waals surface area contributed by atoms with Crippen molar-refractivity contribution in [2.24, 2.45) is 0 Å². The Hall–Kier alpha value is -2.01. The van der Waals surface area contributed by atoms with Gasteiger partial charge in [-0.25, -0.2) is 4.72 Å². The topological polar surface area (TPSA) is 112 Å². The summed E-state index contributed by atoms with van der Waals surface area (Å²) >= 11 is -2.29. The monoisotopic (exact) mass is 491 g/mol. The fourth-order valence-corrected chi connectivity index (χ4v) is 4.19. The van der Waals surface area contributed by atoms with E-state index in [0.29, 0.717) is 38.2 Å². The summed E-state index contributed by atoms with van der Waals surface area (Å²) in [6.07, 6.45) is 5.32. The zero-order valence-corrected chi connectivity index (χ0v) is 20.3. The normalized spacial score (nSPS) is 15.8. The number of aliphatic hydroxyl groups is 1. The molecule has 0 bridgehead atoms. The van der Waals surface area contributed by atoms with E-state index in [4.69, 9.17) is 14.2 Å². The van der Waals surface area contributed by atoms with Crippen LogP contribution in [0.15, 0.2) is 48.5 Å². The van der Waals surface area contributed by atoms with Crippen molar-refractivity contribution >= 4 is 11.3 Å². The molecule has 1 saturated carbocycles. The summed E-state index contributed by atoms with van der Waals surface area (Å²) in [5, 5.41) is 13.4. The zero-order chi connectivity index (χ0) is 24.0. The first kappa shape index (κ1) is 26.6. The van der Waals surface area contributed by atoms with Crippen LogP contribution >= 0.6 is 0 Å². The molecule has 34 heavy (non-hydrogen) atoms. The van der Waals surface area contributed by atoms with Crippen molar-refractivity contribution in [3.05, 3.63) is 59.7 Å². The van der Waals surface area contributed by atoms with Crippen LogP contribution in [0, 0.1) is 0 Å². The van der Waals surface area contributed by atoms with E-state index in [2.05, 4.69) is 10.0 Å². The number of nitrogens with one attached hydrogen (secondary N) is 2. The van der Waals surface area contributed by atoms with Crippen LogP contribution in [0.2, 0.25) is 0 Å². The van der Waals surface area contributed by atoms with E-state index in [1.54, 1.807) is 0 Å². The second-order valence-corrected chi connectivity index (χ2v) is 9.10. The van der Waals surface area contributed by atoms with E-state index >= 15 is 0 Å². The van der Waals surface area contributed by atoms with E-state index in [1.165, 1.54) is 12.8 Å². The lowest BCUT2D eigenvalue weighted by atomic mass is 10.0. The predicted octanol–water partition coefficient (Wildman–Crippen LogP) is 2.48. The molecular formula is C25H35N2O6S-. The van der Waals surface area contributed by atoms with Crippen LogP contribution in [-0.2, 0) is 29.0 Å². The van der Waals surface area contributed by atoms with Gasteiger partial charge < -0.3 is 29.2 Å². The minimum absolute atomic E-state index is 0.179. The lowest BCUT2D eigenvalue weighted by molar-refractivity contribution is 0.0382. The molecule has 1 aliphatic carbocycles. The van der Waals surface area contributed by atoms with Crippen LogP contribution in [0.5, 0.6) is 11.5 Å². The van der Waals surface area contributed by atoms with Crippen molar-refractivity contribution in [1.82, 2.24) is 10.0 Å². The predicted molar refractivity (Wildman–Crippen MR) is 130 cm³/mol. The van der Waals surface area contributed by atoms with Crippen LogP contribution < -0.4 is 19.5 Å². The summed E-state index contributed by atoms with van der Waals surface area (Å²) in [6, 6.07) is 15.0. The fourth-order valence-electron chi connectivity index (χ4n) is 3.92. The molecule has 2 atom stereocenters. The maximum Gasteiger partial charge on any atom is 0.119 e. The van der Waals surface area contributed by atoms with Gasteiger partial charge in [0.2, 0.25) is 0 Å². The third-order valence-corrected chi connectivity index (χ3v) is 6.10. The smallest absolute Gasteiger partial charge is 0.119 e. The highest BCUT2D eigenvalue weighted by Crippen LogP contribution is 2.21. The van der Waals surface area contributed by atoms with Crippen molar-refractivity contribution < 1.29 is 28.1 Å². The Bertz CT molecular complexity index is 861. The molecule has 0 spiro atoms. The summed E-state index contributed by atoms with van der Waals surface area (Å²) in [7, 11) is 0. The van der Waals surface area contributed by atoms with E-state index in [9.17, 15) is 13.9 Å². The second kappa shape index (κ2) is 15.1. The maximum absolute atomic E-state index is 10.7. The van der Waals surface area contributed by atoms with Gasteiger partial charge in [0.1, 0.15) is 30.8 Å². The highest BCUT2D eigenvalue weighted by Gasteiger charge is 2.14. The standard InChI is InChI=1S/C25H36N2O6S/c28-22(18-26-14-13-20-5-1-2-6-21(20)17-27-34(29)30)19-33-25-11-9-24(10-12-25)32-16-15-31-23-7-3-4-8-23/h1-2,5-6,9-12,22-23,26-28H,3-4,7-8,13-19H2,(H,29,30)/p-1. The molecule has 0 heterocycles. The zero-order valence-electron chi connectivity index (χ0n) is 19.4. The molecular weight excluding hydrogens is 456 g/mol. The third kappa shape index (κ3) is 10.1. The lowest BCUT2D eigenvalue weighted by Gasteiger charge is -2.15. The summed E-state index contributed by atoms with van der Waals surface area (Å²) in [6.45, 7) is 2.63. The average Bonchev–Trinajstić information content (AvgIpc) is 3.37. The van der Waals surface area contributed by atoms with Gasteiger partial charge in [-0.3, -0.25) is 4.21 Å². The summed E-state index contributed by atoms with van der Waals surface area (Å²) < 4.78 is 41.0. The van der Waals surface area contributed by atoms with Gasteiger partial charge in [0.25, 0.3) is 0 Å². The molecule has 2 aromatic carbocycles. The molecule has 2 aromatic rings. The fraction of sp³-hybridized carbons (Fsp3) is 0.520. The molecule has 0 radical (unpaired) electrons. The lowest BCUT2D eigenvalue weighted by Crippen LogP contribution is -2.32. The van der Waals surface area contributed by atoms with Gasteiger partial charge in [0.15, 0.2) is 0 Å². The van der Waals surface area contributed by atoms with Gasteiger partial charge in [-0.2, -0.15) is 0 Å². The minimum Gasteiger partial charge on any atom is -0.760 e. The first-order valence-electron chi connectivity index (χ1n) is 11.9. The molecule has 0 aromatic heterocycles. The van der Waals surface area contributed by atoms with E-state index < -0.39 is 17.4 Å². The Kier molecular flexibility index (Phi) is 11.8. The Morgan fingerprint density at radius 3 is 2.38 bits per heavy atom. The van der Waals surface area contributed by atoms with Crippen LogP contribution in [0.4, 0.5) is 0 Å². The van der Waals surface area contributed by atoms with Gasteiger partial charge in [-0.1, -0.05) is 37.1 Å². The first-order valence-corrected chi connectivity index (χ1v) is 12.9. The first-order chi connectivity index (χ1) is 16.6. The summed E-state index contributed by atoms with van der Waals surface area (Å²) in [5.74, 6) is 1.44. The van der Waals surface area contributed by atoms with Gasteiger partial charge in [0.05, 0.1) is 12.7 Å². The Morgan fingerprint density at radius 1 is 1.00 bits per heavy atom. The number of ether oxygens (including phenoxy) is 3. The molecule has 8 nitrogen and oxygen atoms in total. The van der Waals surface area contributed by atoms with Gasteiger partial charge >= 0.3 is 0 Å². The van der Waals surface area contributed by atoms with Gasteiger partial charge in [0, 0.05) is 24.4 Å². The average molecular weight is 492 g/mol. The Balaban J connectivity index is 1.27. The minimum atomic E-state index is -2.29. The molecule has 1 fully saturated rings. The van der Waals surface area contributed by atoms with Crippen molar-refractivity contribution in [2.45, 2.75) is 50.9 Å². The van der Waals surface area contributed by atoms with Gasteiger partial charge in [-0.15, -0.1) is 0 Å². The van der Waals surface area contributed by atoms with E-state index in [0.717, 1.165) is 36.1 Å². The van der Waals surface area contributed by atoms with E-state index in [-0.39, 0.29) is 13.2 Å². The maximum atomic E-state index is 10.7. The molecule has 0 aliphatic heterocycles. The van der Waals surface area contributed by atoms with Crippen molar-refractivity contribution in [2.75, 3.05) is 32.9 Å². The quantitative estimate of drug-likeness (QED) is 0.244. The van der Waals surface area contributed by atoms with Crippen molar-refractivity contribution in [3.8, 4) is 11.5 Å². The molecule has 0 amide bonds. The van der Waals surface area contributed by atoms with E-state index in [1.807, 2.05) is 48.5 Å². The van der Waals surface area contributed by atoms with Crippen LogP contribution in [0.25, 0.3) is 0 Å². The molecule has 1 aliphatic rings. The Labute approximate surface area is 204 Å². The number of benzene rings is 2. The summed E-state index contributed by atoms with van der Waals surface area (Å²) in [5.41, 5.74) is 2.00. The highest BCUT2D eigenvalue weighted by molar-refractivity contribution is 7.77. The van der Waals surface area contributed by atoms with Crippen LogP contribution in [-0.4, -0.2) is 59.0 Å². The molecule has 3 N–H and O–H groups in total. The van der Waals surface area contributed by atoms with Crippen LogP contribution in [0.1, 0.15) is 36.8 Å².